The van der Waals surface area contributed by atoms with Crippen molar-refractivity contribution in [1.29, 1.82) is 0 Å². The molecule has 1 aromatic heterocycles. The molecule has 1 atom stereocenters. The van der Waals surface area contributed by atoms with E-state index >= 15 is 0 Å². The van der Waals surface area contributed by atoms with Crippen molar-refractivity contribution in [2.24, 2.45) is 0 Å². The van der Waals surface area contributed by atoms with E-state index in [1.807, 2.05) is 23.4 Å². The lowest BCUT2D eigenvalue weighted by Gasteiger charge is -2.27. The molecule has 0 spiro atoms. The highest BCUT2D eigenvalue weighted by molar-refractivity contribution is 7.89. The van der Waals surface area contributed by atoms with Crippen LogP contribution in [0.1, 0.15) is 17.8 Å². The summed E-state index contributed by atoms with van der Waals surface area (Å²) in [6, 6.07) is 9.04. The molecule has 0 aliphatic carbocycles. The summed E-state index contributed by atoms with van der Waals surface area (Å²) in [6.07, 6.45) is 0. The first-order valence-corrected chi connectivity index (χ1v) is 8.82. The Labute approximate surface area is 129 Å². The van der Waals surface area contributed by atoms with Gasteiger partial charge >= 0.3 is 0 Å². The van der Waals surface area contributed by atoms with E-state index in [0.29, 0.717) is 5.69 Å². The number of hydrogen-bond donors (Lipinski definition) is 2. The van der Waals surface area contributed by atoms with Gasteiger partial charge in [-0.2, -0.15) is 0 Å². The number of nitrogens with zero attached hydrogens (tertiary/aromatic N) is 1. The Morgan fingerprint density at radius 2 is 2.05 bits per heavy atom. The third-order valence-electron chi connectivity index (χ3n) is 3.49. The van der Waals surface area contributed by atoms with Gasteiger partial charge in [0.05, 0.1) is 22.3 Å². The number of thiophene rings is 1. The summed E-state index contributed by atoms with van der Waals surface area (Å²) in [6.45, 7) is 2.09. The minimum Gasteiger partial charge on any atom is -0.397 e. The maximum atomic E-state index is 11.8. The molecular formula is C14H19N3O2S2. The van der Waals surface area contributed by atoms with E-state index in [2.05, 4.69) is 17.7 Å². The molecule has 0 fully saturated rings. The molecule has 3 N–H and O–H groups in total. The fourth-order valence-electron chi connectivity index (χ4n) is 2.07. The van der Waals surface area contributed by atoms with Gasteiger partial charge in [-0.15, -0.1) is 11.3 Å². The number of nitrogens with two attached hydrogens (primary N) is 1. The van der Waals surface area contributed by atoms with Crippen LogP contribution in [0.2, 0.25) is 0 Å². The molecule has 114 valence electrons. The van der Waals surface area contributed by atoms with E-state index < -0.39 is 10.0 Å². The maximum absolute atomic E-state index is 11.8. The van der Waals surface area contributed by atoms with Crippen LogP contribution in [0.4, 0.5) is 11.4 Å². The Hall–Kier alpha value is -1.57. The molecule has 21 heavy (non-hydrogen) atoms. The number of sulfonamides is 1. The average Bonchev–Trinajstić information content (AvgIpc) is 2.99. The van der Waals surface area contributed by atoms with E-state index in [-0.39, 0.29) is 10.9 Å². The Morgan fingerprint density at radius 1 is 1.33 bits per heavy atom. The molecule has 1 unspecified atom stereocenters. The van der Waals surface area contributed by atoms with Crippen molar-refractivity contribution < 1.29 is 8.42 Å². The van der Waals surface area contributed by atoms with Crippen LogP contribution in [0, 0.1) is 0 Å². The van der Waals surface area contributed by atoms with E-state index in [1.165, 1.54) is 18.0 Å². The highest BCUT2D eigenvalue weighted by Crippen LogP contribution is 2.32. The largest absolute Gasteiger partial charge is 0.397 e. The summed E-state index contributed by atoms with van der Waals surface area (Å²) in [5, 5.41) is 2.03. The van der Waals surface area contributed by atoms with Gasteiger partial charge in [-0.1, -0.05) is 6.07 Å². The first-order chi connectivity index (χ1) is 9.86. The Bertz CT molecular complexity index is 712. The zero-order valence-electron chi connectivity index (χ0n) is 12.2. The van der Waals surface area contributed by atoms with Crippen molar-refractivity contribution in [3.63, 3.8) is 0 Å². The molecular weight excluding hydrogens is 306 g/mol. The van der Waals surface area contributed by atoms with E-state index in [9.17, 15) is 8.42 Å². The summed E-state index contributed by atoms with van der Waals surface area (Å²) in [5.41, 5.74) is 7.29. The van der Waals surface area contributed by atoms with Gasteiger partial charge in [0.2, 0.25) is 10.0 Å². The number of anilines is 2. The van der Waals surface area contributed by atoms with Gasteiger partial charge in [-0.3, -0.25) is 0 Å². The van der Waals surface area contributed by atoms with E-state index in [0.717, 1.165) is 5.69 Å². The first kappa shape index (κ1) is 15.8. The number of nitrogens with one attached hydrogen (secondary N) is 1. The summed E-state index contributed by atoms with van der Waals surface area (Å²) in [7, 11) is -0.147. The minimum absolute atomic E-state index is 0.166. The SMILES string of the molecule is CNS(=O)(=O)c1ccc(N(C)C(C)c2cccs2)c(N)c1. The summed E-state index contributed by atoms with van der Waals surface area (Å²) in [5.74, 6) is 0. The molecule has 0 bridgehead atoms. The van der Waals surface area contributed by atoms with Gasteiger partial charge in [-0.05, 0) is 43.6 Å². The predicted octanol–water partition coefficient (Wildman–Crippen LogP) is 2.44. The lowest BCUT2D eigenvalue weighted by atomic mass is 10.2. The van der Waals surface area contributed by atoms with Gasteiger partial charge in [0.15, 0.2) is 0 Å². The monoisotopic (exact) mass is 325 g/mol. The highest BCUT2D eigenvalue weighted by atomic mass is 32.2. The van der Waals surface area contributed by atoms with Crippen LogP contribution in [-0.4, -0.2) is 22.5 Å². The van der Waals surface area contributed by atoms with Crippen molar-refractivity contribution in [3.05, 3.63) is 40.6 Å². The third-order valence-corrected chi connectivity index (χ3v) is 5.95. The van der Waals surface area contributed by atoms with Crippen LogP contribution in [0.15, 0.2) is 40.6 Å². The van der Waals surface area contributed by atoms with Crippen LogP contribution in [0.3, 0.4) is 0 Å². The molecule has 2 aromatic rings. The molecule has 1 aromatic carbocycles. The minimum atomic E-state index is -3.47. The molecule has 0 saturated carbocycles. The molecule has 0 saturated heterocycles. The second-order valence-electron chi connectivity index (χ2n) is 4.73. The van der Waals surface area contributed by atoms with Gasteiger partial charge in [-0.25, -0.2) is 13.1 Å². The van der Waals surface area contributed by atoms with E-state index in [1.54, 1.807) is 23.5 Å². The molecule has 7 heteroatoms. The summed E-state index contributed by atoms with van der Waals surface area (Å²) < 4.78 is 25.8. The van der Waals surface area contributed by atoms with Gasteiger partial charge in [0.25, 0.3) is 0 Å². The van der Waals surface area contributed by atoms with Crippen molar-refractivity contribution >= 4 is 32.7 Å². The topological polar surface area (TPSA) is 75.4 Å². The van der Waals surface area contributed by atoms with Gasteiger partial charge < -0.3 is 10.6 Å². The lowest BCUT2D eigenvalue weighted by molar-refractivity contribution is 0.588. The van der Waals surface area contributed by atoms with Crippen molar-refractivity contribution in [3.8, 4) is 0 Å². The Balaban J connectivity index is 2.33. The number of nitrogen functional groups attached to an aromatic ring is 1. The van der Waals surface area contributed by atoms with Crippen LogP contribution in [-0.2, 0) is 10.0 Å². The summed E-state index contributed by atoms with van der Waals surface area (Å²) in [4.78, 5) is 3.43. The van der Waals surface area contributed by atoms with Crippen molar-refractivity contribution in [1.82, 2.24) is 4.72 Å². The van der Waals surface area contributed by atoms with Crippen LogP contribution < -0.4 is 15.4 Å². The highest BCUT2D eigenvalue weighted by Gasteiger charge is 2.18. The number of hydrogen-bond acceptors (Lipinski definition) is 5. The van der Waals surface area contributed by atoms with Crippen LogP contribution >= 0.6 is 11.3 Å². The number of benzene rings is 1. The first-order valence-electron chi connectivity index (χ1n) is 6.46. The average molecular weight is 325 g/mol. The standard InChI is InChI=1S/C14H19N3O2S2/c1-10(14-5-4-8-20-14)17(3)13-7-6-11(9-12(13)15)21(18,19)16-2/h4-10,16H,15H2,1-3H3. The van der Waals surface area contributed by atoms with Gasteiger partial charge in [0, 0.05) is 11.9 Å². The second-order valence-corrected chi connectivity index (χ2v) is 7.60. The number of rotatable bonds is 5. The lowest BCUT2D eigenvalue weighted by Crippen LogP contribution is -2.23. The summed E-state index contributed by atoms with van der Waals surface area (Å²) >= 11 is 1.68. The smallest absolute Gasteiger partial charge is 0.240 e. The van der Waals surface area contributed by atoms with Crippen molar-refractivity contribution in [2.75, 3.05) is 24.7 Å². The molecule has 5 nitrogen and oxygen atoms in total. The predicted molar refractivity (Wildman–Crippen MR) is 88.2 cm³/mol. The molecule has 0 radical (unpaired) electrons. The van der Waals surface area contributed by atoms with Crippen molar-refractivity contribution in [2.45, 2.75) is 17.9 Å². The zero-order chi connectivity index (χ0) is 15.6. The normalized spacial score (nSPS) is 13.1. The Kier molecular flexibility index (Phi) is 4.55. The van der Waals surface area contributed by atoms with Crippen LogP contribution in [0.25, 0.3) is 0 Å². The fourth-order valence-corrected chi connectivity index (χ4v) is 3.66. The Morgan fingerprint density at radius 3 is 2.57 bits per heavy atom. The second kappa shape index (κ2) is 6.05. The van der Waals surface area contributed by atoms with Gasteiger partial charge in [0.1, 0.15) is 0 Å². The molecule has 1 heterocycles. The molecule has 2 rings (SSSR count). The molecule has 0 aliphatic rings. The van der Waals surface area contributed by atoms with Crippen LogP contribution in [0.5, 0.6) is 0 Å². The molecule has 0 aliphatic heterocycles. The fraction of sp³-hybridized carbons (Fsp3) is 0.286. The molecule has 0 amide bonds. The zero-order valence-corrected chi connectivity index (χ0v) is 13.8. The third kappa shape index (κ3) is 3.20. The van der Waals surface area contributed by atoms with E-state index in [4.69, 9.17) is 5.73 Å². The maximum Gasteiger partial charge on any atom is 0.240 e. The quantitative estimate of drug-likeness (QED) is 0.828.